The summed E-state index contributed by atoms with van der Waals surface area (Å²) in [6.07, 6.45) is -0.611. The fourth-order valence-corrected chi connectivity index (χ4v) is 8.01. The number of amides is 1. The number of hydrogen-bond donors (Lipinski definition) is 2. The number of likely N-dealkylation sites (tertiary alicyclic amines) is 1. The van der Waals surface area contributed by atoms with E-state index in [1.165, 1.54) is 51.4 Å². The van der Waals surface area contributed by atoms with E-state index in [1.54, 1.807) is 0 Å². The fourth-order valence-electron chi connectivity index (χ4n) is 5.78. The average Bonchev–Trinajstić information content (AvgIpc) is 3.95. The van der Waals surface area contributed by atoms with Gasteiger partial charge in [-0.05, 0) is 64.1 Å². The first-order chi connectivity index (χ1) is 23.2. The highest BCUT2D eigenvalue weighted by atomic mass is 35.5. The molecule has 4 rings (SSSR count). The maximum absolute atomic E-state index is 13.4. The highest BCUT2D eigenvalue weighted by molar-refractivity contribution is 7.92. The Labute approximate surface area is 293 Å². The summed E-state index contributed by atoms with van der Waals surface area (Å²) < 4.78 is 109. The molecule has 1 aromatic rings. The molecule has 1 heterocycles. The number of sulfone groups is 1. The molecule has 2 saturated carbocycles. The SMILES string of the molecule is CCCCCCCCCCNC1(C#N)CC1.C[C@H](Oc1ccc(S(=O)(=O)[C@@H]2C[C@@H](C(=O)O)N(C(=O)C3(C(F)(F)F)CC3)C2)c(Cl)c1)C(F)(F)F. The molecule has 2 aliphatic carbocycles. The minimum atomic E-state index is -4.92. The number of nitrogens with one attached hydrogen (secondary N) is 1. The van der Waals surface area contributed by atoms with Crippen molar-refractivity contribution in [2.45, 2.75) is 138 Å². The zero-order valence-electron chi connectivity index (χ0n) is 28.0. The van der Waals surface area contributed by atoms with Gasteiger partial charge in [0, 0.05) is 12.6 Å². The van der Waals surface area contributed by atoms with Gasteiger partial charge in [-0.3, -0.25) is 10.1 Å². The number of aliphatic carboxylic acids is 1. The van der Waals surface area contributed by atoms with Gasteiger partial charge in [-0.2, -0.15) is 31.6 Å². The van der Waals surface area contributed by atoms with Crippen molar-refractivity contribution < 1.29 is 54.2 Å². The summed E-state index contributed by atoms with van der Waals surface area (Å²) in [4.78, 5) is 24.1. The number of carboxylic acids is 1. The molecular weight excluding hydrogens is 716 g/mol. The average molecular weight is 760 g/mol. The van der Waals surface area contributed by atoms with Crippen LogP contribution < -0.4 is 10.1 Å². The molecule has 0 radical (unpaired) electrons. The Morgan fingerprint density at radius 1 is 1.06 bits per heavy atom. The minimum absolute atomic E-state index is 0.110. The van der Waals surface area contributed by atoms with Crippen LogP contribution in [0.2, 0.25) is 5.02 Å². The van der Waals surface area contributed by atoms with Gasteiger partial charge in [0.05, 0.1) is 21.2 Å². The summed E-state index contributed by atoms with van der Waals surface area (Å²) in [5.41, 5.74) is -2.84. The van der Waals surface area contributed by atoms with Gasteiger partial charge < -0.3 is 14.7 Å². The molecule has 17 heteroatoms. The molecule has 3 atom stereocenters. The fraction of sp³-hybridized carbons (Fsp3) is 0.727. The first-order valence-electron chi connectivity index (χ1n) is 16.8. The summed E-state index contributed by atoms with van der Waals surface area (Å²) in [5.74, 6) is -3.55. The van der Waals surface area contributed by atoms with E-state index >= 15 is 0 Å². The molecule has 1 aromatic carbocycles. The monoisotopic (exact) mass is 759 g/mol. The van der Waals surface area contributed by atoms with Gasteiger partial charge in [-0.1, -0.05) is 63.5 Å². The van der Waals surface area contributed by atoms with Crippen molar-refractivity contribution >= 4 is 33.3 Å². The molecule has 0 aromatic heterocycles. The minimum Gasteiger partial charge on any atom is -0.481 e. The zero-order chi connectivity index (χ0) is 37.5. The summed E-state index contributed by atoms with van der Waals surface area (Å²) in [7, 11) is -4.48. The highest BCUT2D eigenvalue weighted by Gasteiger charge is 2.70. The van der Waals surface area contributed by atoms with Crippen molar-refractivity contribution in [1.29, 1.82) is 5.26 Å². The predicted octanol–water partition coefficient (Wildman–Crippen LogP) is 7.61. The number of carbonyl (C=O) groups excluding carboxylic acids is 1. The van der Waals surface area contributed by atoms with Crippen LogP contribution in [-0.2, 0) is 19.4 Å². The summed E-state index contributed by atoms with van der Waals surface area (Å²) in [6.45, 7) is 3.20. The van der Waals surface area contributed by atoms with Crippen LogP contribution in [0.4, 0.5) is 26.3 Å². The Morgan fingerprint density at radius 3 is 2.10 bits per heavy atom. The Bertz CT molecular complexity index is 1490. The quantitative estimate of drug-likeness (QED) is 0.130. The second kappa shape index (κ2) is 16.7. The van der Waals surface area contributed by atoms with E-state index in [4.69, 9.17) is 16.9 Å². The van der Waals surface area contributed by atoms with Crippen molar-refractivity contribution in [2.75, 3.05) is 13.1 Å². The Balaban J connectivity index is 0.000000354. The summed E-state index contributed by atoms with van der Waals surface area (Å²) in [5, 5.41) is 19.5. The number of carbonyl (C=O) groups is 2. The lowest BCUT2D eigenvalue weighted by molar-refractivity contribution is -0.199. The lowest BCUT2D eigenvalue weighted by Gasteiger charge is -2.28. The van der Waals surface area contributed by atoms with E-state index in [1.807, 2.05) is 0 Å². The van der Waals surface area contributed by atoms with Gasteiger partial charge >= 0.3 is 18.3 Å². The molecule has 3 fully saturated rings. The molecule has 282 valence electrons. The lowest BCUT2D eigenvalue weighted by atomic mass is 10.0. The van der Waals surface area contributed by atoms with Crippen molar-refractivity contribution in [3.8, 4) is 11.8 Å². The number of carboxylic acid groups (broad SMARTS) is 1. The van der Waals surface area contributed by atoms with Crippen molar-refractivity contribution in [3.05, 3.63) is 23.2 Å². The van der Waals surface area contributed by atoms with Crippen LogP contribution in [-0.4, -0.2) is 78.7 Å². The number of unbranched alkanes of at least 4 members (excludes halogenated alkanes) is 7. The number of nitrogens with zero attached hydrogens (tertiary/aromatic N) is 2. The molecule has 1 aliphatic heterocycles. The van der Waals surface area contributed by atoms with Crippen LogP contribution in [0.5, 0.6) is 5.75 Å². The van der Waals surface area contributed by atoms with Gasteiger partial charge in [0.2, 0.25) is 5.91 Å². The van der Waals surface area contributed by atoms with E-state index in [9.17, 15) is 49.5 Å². The van der Waals surface area contributed by atoms with Crippen LogP contribution in [0.3, 0.4) is 0 Å². The Kier molecular flexibility index (Phi) is 13.9. The van der Waals surface area contributed by atoms with Gasteiger partial charge in [0.15, 0.2) is 15.9 Å². The van der Waals surface area contributed by atoms with Crippen LogP contribution in [0.1, 0.15) is 97.3 Å². The summed E-state index contributed by atoms with van der Waals surface area (Å²) >= 11 is 5.94. The Morgan fingerprint density at radius 2 is 1.64 bits per heavy atom. The van der Waals surface area contributed by atoms with E-state index in [0.29, 0.717) is 4.90 Å². The van der Waals surface area contributed by atoms with Crippen molar-refractivity contribution in [2.24, 2.45) is 5.41 Å². The third-order valence-corrected chi connectivity index (χ3v) is 12.0. The number of ether oxygens (including phenoxy) is 1. The lowest BCUT2D eigenvalue weighted by Crippen LogP contribution is -2.48. The highest BCUT2D eigenvalue weighted by Crippen LogP contribution is 2.59. The molecule has 1 saturated heterocycles. The molecular formula is C33H44ClF6N3O6S. The maximum atomic E-state index is 13.4. The zero-order valence-corrected chi connectivity index (χ0v) is 29.6. The first-order valence-corrected chi connectivity index (χ1v) is 18.7. The standard InChI is InChI=1S/C19H18ClF6NO6S.C14H26N2/c1-9(18(21,22)23)33-10-2-3-14(12(20)6-10)34(31,32)11-7-13(15(28)29)27(8-11)16(30)17(4-5-17)19(24,25)26;1-2-3-4-5-6-7-8-9-12-16-14(13-15)10-11-14/h2-3,6,9,11,13H,4-5,7-8H2,1H3,(H,28,29);16H,2-12H2,1H3/t9-,11+,13-;/m0./s1. The third kappa shape index (κ3) is 10.4. The molecule has 9 nitrogen and oxygen atoms in total. The molecule has 0 spiro atoms. The van der Waals surface area contributed by atoms with Gasteiger partial charge in [-0.15, -0.1) is 0 Å². The number of rotatable bonds is 16. The smallest absolute Gasteiger partial charge is 0.425 e. The van der Waals surface area contributed by atoms with E-state index in [-0.39, 0.29) is 11.3 Å². The maximum Gasteiger partial charge on any atom is 0.425 e. The number of hydrogen-bond acceptors (Lipinski definition) is 7. The second-order valence-corrected chi connectivity index (χ2v) is 15.9. The van der Waals surface area contributed by atoms with Crippen molar-refractivity contribution in [1.82, 2.24) is 10.2 Å². The van der Waals surface area contributed by atoms with E-state index in [0.717, 1.165) is 44.5 Å². The normalized spacial score (nSPS) is 21.4. The van der Waals surface area contributed by atoms with Crippen LogP contribution >= 0.6 is 11.6 Å². The van der Waals surface area contributed by atoms with Gasteiger partial charge in [-0.25, -0.2) is 13.2 Å². The van der Waals surface area contributed by atoms with Gasteiger partial charge in [0.1, 0.15) is 22.7 Å². The number of nitriles is 1. The summed E-state index contributed by atoms with van der Waals surface area (Å²) in [6, 6.07) is 3.16. The van der Waals surface area contributed by atoms with E-state index < -0.39 is 92.6 Å². The first kappa shape index (κ1) is 41.6. The molecule has 3 aliphatic rings. The Hall–Kier alpha value is -2.77. The number of alkyl halides is 6. The molecule has 0 unspecified atom stereocenters. The topological polar surface area (TPSA) is 137 Å². The largest absolute Gasteiger partial charge is 0.481 e. The van der Waals surface area contributed by atoms with Crippen LogP contribution in [0.15, 0.2) is 23.1 Å². The number of benzene rings is 1. The predicted molar refractivity (Wildman–Crippen MR) is 172 cm³/mol. The molecule has 50 heavy (non-hydrogen) atoms. The van der Waals surface area contributed by atoms with E-state index in [2.05, 4.69) is 23.0 Å². The third-order valence-electron chi connectivity index (χ3n) is 9.39. The molecule has 2 N–H and O–H groups in total. The second-order valence-electron chi connectivity index (χ2n) is 13.3. The van der Waals surface area contributed by atoms with Crippen molar-refractivity contribution in [3.63, 3.8) is 0 Å². The molecule has 0 bridgehead atoms. The van der Waals surface area contributed by atoms with Gasteiger partial charge in [0.25, 0.3) is 0 Å². The van der Waals surface area contributed by atoms with Crippen LogP contribution in [0.25, 0.3) is 0 Å². The van der Waals surface area contributed by atoms with Crippen LogP contribution in [0, 0.1) is 16.7 Å². The number of halogens is 7. The molecule has 1 amide bonds.